The van der Waals surface area contributed by atoms with E-state index in [0.717, 1.165) is 17.7 Å². The first-order chi connectivity index (χ1) is 13.6. The van der Waals surface area contributed by atoms with Crippen LogP contribution in [-0.4, -0.2) is 53.8 Å². The number of nitrogens with two attached hydrogens (primary N) is 1. The number of guanidine groups is 1. The lowest BCUT2D eigenvalue weighted by atomic mass is 10.1. The zero-order valence-electron chi connectivity index (χ0n) is 15.6. The van der Waals surface area contributed by atoms with Gasteiger partial charge in [-0.1, -0.05) is 18.2 Å². The molecule has 8 heteroatoms. The largest absolute Gasteiger partial charge is 0.370 e. The third-order valence-electron chi connectivity index (χ3n) is 4.37. The maximum atomic E-state index is 12.4. The van der Waals surface area contributed by atoms with Crippen molar-refractivity contribution in [2.45, 2.75) is 13.0 Å². The second kappa shape index (κ2) is 9.50. The summed E-state index contributed by atoms with van der Waals surface area (Å²) in [5.41, 5.74) is 8.39. The van der Waals surface area contributed by atoms with Gasteiger partial charge in [0.2, 0.25) is 5.91 Å². The number of hydrogen-bond donors (Lipinski definition) is 3. The normalized spacial score (nSPS) is 14.5. The Balaban J connectivity index is 1.47. The van der Waals surface area contributed by atoms with E-state index in [0.29, 0.717) is 37.7 Å². The van der Waals surface area contributed by atoms with E-state index in [1.807, 2.05) is 30.3 Å². The van der Waals surface area contributed by atoms with Crippen molar-refractivity contribution in [2.75, 3.05) is 26.2 Å². The fourth-order valence-electron chi connectivity index (χ4n) is 2.84. The summed E-state index contributed by atoms with van der Waals surface area (Å²) in [7, 11) is 0. The molecule has 0 atom stereocenters. The number of benzene rings is 1. The van der Waals surface area contributed by atoms with E-state index in [9.17, 15) is 9.59 Å². The molecule has 2 heterocycles. The Morgan fingerprint density at radius 1 is 1.25 bits per heavy atom. The molecular formula is C20H24N6O2. The smallest absolute Gasteiger partial charge is 0.254 e. The molecule has 3 rings (SSSR count). The lowest BCUT2D eigenvalue weighted by Gasteiger charge is -2.26. The zero-order chi connectivity index (χ0) is 19.8. The summed E-state index contributed by atoms with van der Waals surface area (Å²) in [6.07, 6.45) is 2.53. The number of carbonyl (C=O) groups is 2. The van der Waals surface area contributed by atoms with Gasteiger partial charge in [-0.3, -0.25) is 14.6 Å². The maximum Gasteiger partial charge on any atom is 0.254 e. The summed E-state index contributed by atoms with van der Waals surface area (Å²) in [6, 6.07) is 13.0. The minimum Gasteiger partial charge on any atom is -0.370 e. The highest BCUT2D eigenvalue weighted by Gasteiger charge is 2.21. The van der Waals surface area contributed by atoms with Gasteiger partial charge < -0.3 is 21.3 Å². The van der Waals surface area contributed by atoms with Crippen LogP contribution in [0, 0.1) is 0 Å². The van der Waals surface area contributed by atoms with Gasteiger partial charge >= 0.3 is 0 Å². The summed E-state index contributed by atoms with van der Waals surface area (Å²) in [5, 5.41) is 5.78. The molecular weight excluding hydrogens is 356 g/mol. The van der Waals surface area contributed by atoms with Crippen molar-refractivity contribution >= 4 is 17.8 Å². The summed E-state index contributed by atoms with van der Waals surface area (Å²) in [4.78, 5) is 34.0. The first kappa shape index (κ1) is 19.3. The molecule has 28 heavy (non-hydrogen) atoms. The molecule has 0 spiro atoms. The Morgan fingerprint density at radius 3 is 2.79 bits per heavy atom. The molecule has 146 valence electrons. The van der Waals surface area contributed by atoms with Gasteiger partial charge in [0.05, 0.1) is 13.1 Å². The molecule has 8 nitrogen and oxygen atoms in total. The van der Waals surface area contributed by atoms with Crippen molar-refractivity contribution in [2.24, 2.45) is 10.7 Å². The van der Waals surface area contributed by atoms with E-state index in [1.165, 1.54) is 0 Å². The average Bonchev–Trinajstić information content (AvgIpc) is 2.73. The Morgan fingerprint density at radius 2 is 2.07 bits per heavy atom. The monoisotopic (exact) mass is 380 g/mol. The third kappa shape index (κ3) is 5.54. The Kier molecular flexibility index (Phi) is 6.56. The molecule has 0 aliphatic carbocycles. The first-order valence-corrected chi connectivity index (χ1v) is 9.20. The van der Waals surface area contributed by atoms with Crippen LogP contribution in [0.4, 0.5) is 0 Å². The predicted molar refractivity (Wildman–Crippen MR) is 107 cm³/mol. The molecule has 1 saturated heterocycles. The topological polar surface area (TPSA) is 113 Å². The molecule has 0 bridgehead atoms. The third-order valence-corrected chi connectivity index (χ3v) is 4.37. The van der Waals surface area contributed by atoms with Crippen LogP contribution in [0.1, 0.15) is 21.6 Å². The fourth-order valence-corrected chi connectivity index (χ4v) is 2.84. The standard InChI is InChI=1S/C20H24N6O2/c21-20(24-10-8-17-3-1-2-9-22-17)25-13-15-4-6-16(7-5-15)19(28)26-12-11-23-18(27)14-26/h1-7,9H,8,10-14H2,(H,23,27)(H3,21,24,25). The minimum absolute atomic E-state index is 0.103. The molecule has 2 amide bonds. The van der Waals surface area contributed by atoms with E-state index in [4.69, 9.17) is 5.73 Å². The van der Waals surface area contributed by atoms with Gasteiger partial charge in [-0.2, -0.15) is 0 Å². The van der Waals surface area contributed by atoms with Gasteiger partial charge in [-0.15, -0.1) is 0 Å². The Bertz CT molecular complexity index is 836. The number of hydrogen-bond acceptors (Lipinski definition) is 4. The molecule has 0 saturated carbocycles. The molecule has 1 aromatic heterocycles. The quantitative estimate of drug-likeness (QED) is 0.493. The lowest BCUT2D eigenvalue weighted by molar-refractivity contribution is -0.123. The van der Waals surface area contributed by atoms with Crippen LogP contribution < -0.4 is 16.4 Å². The number of pyridine rings is 1. The fraction of sp³-hybridized carbons (Fsp3) is 0.300. The summed E-state index contributed by atoms with van der Waals surface area (Å²) >= 11 is 0. The highest BCUT2D eigenvalue weighted by atomic mass is 16.2. The van der Waals surface area contributed by atoms with Crippen LogP contribution in [0.5, 0.6) is 0 Å². The van der Waals surface area contributed by atoms with E-state index in [-0.39, 0.29) is 18.4 Å². The molecule has 1 aromatic carbocycles. The molecule has 4 N–H and O–H groups in total. The number of carbonyl (C=O) groups excluding carboxylic acids is 2. The predicted octanol–water partition coefficient (Wildman–Crippen LogP) is 0.301. The maximum absolute atomic E-state index is 12.4. The van der Waals surface area contributed by atoms with Gasteiger partial charge in [0.15, 0.2) is 5.96 Å². The second-order valence-corrected chi connectivity index (χ2v) is 6.47. The molecule has 0 radical (unpaired) electrons. The van der Waals surface area contributed by atoms with Crippen LogP contribution in [0.15, 0.2) is 53.7 Å². The number of piperazine rings is 1. The molecule has 1 aliphatic heterocycles. The second-order valence-electron chi connectivity index (χ2n) is 6.47. The molecule has 1 fully saturated rings. The van der Waals surface area contributed by atoms with E-state index < -0.39 is 0 Å². The van der Waals surface area contributed by atoms with Crippen molar-refractivity contribution < 1.29 is 9.59 Å². The first-order valence-electron chi connectivity index (χ1n) is 9.20. The van der Waals surface area contributed by atoms with Gasteiger partial charge in [-0.25, -0.2) is 4.99 Å². The number of rotatable bonds is 6. The summed E-state index contributed by atoms with van der Waals surface area (Å²) in [6.45, 7) is 2.19. The average molecular weight is 380 g/mol. The van der Waals surface area contributed by atoms with Crippen molar-refractivity contribution in [1.29, 1.82) is 0 Å². The highest BCUT2D eigenvalue weighted by molar-refractivity contribution is 5.97. The van der Waals surface area contributed by atoms with Crippen LogP contribution in [-0.2, 0) is 17.8 Å². The van der Waals surface area contributed by atoms with Crippen LogP contribution >= 0.6 is 0 Å². The number of aromatic nitrogens is 1. The SMILES string of the molecule is NC(=NCc1ccc(C(=O)N2CCNC(=O)C2)cc1)NCCc1ccccn1. The number of aliphatic imine (C=N–C) groups is 1. The van der Waals surface area contributed by atoms with Gasteiger partial charge in [0.1, 0.15) is 0 Å². The Labute approximate surface area is 163 Å². The molecule has 1 aliphatic rings. The lowest BCUT2D eigenvalue weighted by Crippen LogP contribution is -2.49. The zero-order valence-corrected chi connectivity index (χ0v) is 15.6. The van der Waals surface area contributed by atoms with E-state index in [1.54, 1.807) is 23.2 Å². The minimum atomic E-state index is -0.138. The van der Waals surface area contributed by atoms with E-state index in [2.05, 4.69) is 20.6 Å². The number of nitrogens with one attached hydrogen (secondary N) is 2. The van der Waals surface area contributed by atoms with E-state index >= 15 is 0 Å². The van der Waals surface area contributed by atoms with Crippen molar-refractivity contribution in [3.63, 3.8) is 0 Å². The van der Waals surface area contributed by atoms with Crippen molar-refractivity contribution in [1.82, 2.24) is 20.5 Å². The van der Waals surface area contributed by atoms with Crippen molar-refractivity contribution in [3.05, 3.63) is 65.5 Å². The van der Waals surface area contributed by atoms with Gasteiger partial charge in [0, 0.05) is 43.5 Å². The molecule has 2 aromatic rings. The summed E-state index contributed by atoms with van der Waals surface area (Å²) < 4.78 is 0. The Hall–Kier alpha value is -3.42. The number of nitrogens with zero attached hydrogens (tertiary/aromatic N) is 3. The van der Waals surface area contributed by atoms with Crippen LogP contribution in [0.2, 0.25) is 0 Å². The summed E-state index contributed by atoms with van der Waals surface area (Å²) in [5.74, 6) is 0.104. The van der Waals surface area contributed by atoms with Crippen LogP contribution in [0.25, 0.3) is 0 Å². The molecule has 0 unspecified atom stereocenters. The highest BCUT2D eigenvalue weighted by Crippen LogP contribution is 2.09. The van der Waals surface area contributed by atoms with Crippen LogP contribution in [0.3, 0.4) is 0 Å². The van der Waals surface area contributed by atoms with Gasteiger partial charge in [-0.05, 0) is 29.8 Å². The van der Waals surface area contributed by atoms with Gasteiger partial charge in [0.25, 0.3) is 5.91 Å². The van der Waals surface area contributed by atoms with Crippen molar-refractivity contribution in [3.8, 4) is 0 Å². The number of amides is 2.